The topological polar surface area (TPSA) is 130 Å². The van der Waals surface area contributed by atoms with Crippen molar-refractivity contribution in [3.8, 4) is 11.1 Å². The van der Waals surface area contributed by atoms with E-state index in [1.807, 2.05) is 24.3 Å². The average molecular weight is 382 g/mol. The first-order chi connectivity index (χ1) is 13.5. The van der Waals surface area contributed by atoms with E-state index in [-0.39, 0.29) is 19.5 Å². The summed E-state index contributed by atoms with van der Waals surface area (Å²) in [6.07, 6.45) is 4.89. The molecule has 3 rings (SSSR count). The molecule has 9 nitrogen and oxygen atoms in total. The summed E-state index contributed by atoms with van der Waals surface area (Å²) >= 11 is 0. The Labute approximate surface area is 160 Å². The second-order valence-electron chi connectivity index (χ2n) is 6.34. The van der Waals surface area contributed by atoms with Crippen molar-refractivity contribution in [1.29, 1.82) is 0 Å². The molecule has 1 aromatic heterocycles. The Morgan fingerprint density at radius 1 is 1.11 bits per heavy atom. The predicted molar refractivity (Wildman–Crippen MR) is 96.6 cm³/mol. The molecule has 0 bridgehead atoms. The number of aromatic nitrogens is 2. The Balaban J connectivity index is 1.68. The number of carboxylic acid groups (broad SMARTS) is 1. The van der Waals surface area contributed by atoms with Gasteiger partial charge in [0.05, 0.1) is 0 Å². The smallest absolute Gasteiger partial charge is 0.322 e. The van der Waals surface area contributed by atoms with E-state index in [1.54, 1.807) is 12.4 Å². The van der Waals surface area contributed by atoms with E-state index in [1.165, 1.54) is 11.2 Å². The third-order valence-electron chi connectivity index (χ3n) is 4.41. The summed E-state index contributed by atoms with van der Waals surface area (Å²) in [6.45, 7) is -0.171. The van der Waals surface area contributed by atoms with Crippen LogP contribution in [0.2, 0.25) is 0 Å². The first-order valence-electron chi connectivity index (χ1n) is 8.61. The van der Waals surface area contributed by atoms with Crippen LogP contribution in [0.5, 0.6) is 0 Å². The van der Waals surface area contributed by atoms with Crippen molar-refractivity contribution in [3.05, 3.63) is 48.5 Å². The zero-order valence-electron chi connectivity index (χ0n) is 14.9. The van der Waals surface area contributed by atoms with Gasteiger partial charge >= 0.3 is 5.97 Å². The standard InChI is InChI=1S/C19H18N4O5/c24-15-5-6-23(19(28)17(15)18(27)22-9-16(25)26)10-12-1-3-13(4-2-12)14-7-20-11-21-8-14/h1-4,7-8,11,17H,5-6,9-10H2,(H,22,27)(H,25,26). The van der Waals surface area contributed by atoms with Crippen LogP contribution < -0.4 is 5.32 Å². The van der Waals surface area contributed by atoms with Crippen molar-refractivity contribution in [2.24, 2.45) is 5.92 Å². The molecule has 1 aliphatic rings. The van der Waals surface area contributed by atoms with Crippen LogP contribution in [0.1, 0.15) is 12.0 Å². The molecule has 2 amide bonds. The third-order valence-corrected chi connectivity index (χ3v) is 4.41. The predicted octanol–water partition coefficient (Wildman–Crippen LogP) is 0.262. The highest BCUT2D eigenvalue weighted by atomic mass is 16.4. The molecule has 0 spiro atoms. The van der Waals surface area contributed by atoms with Gasteiger partial charge in [0, 0.05) is 37.5 Å². The highest BCUT2D eigenvalue weighted by Gasteiger charge is 2.40. The normalized spacial score (nSPS) is 16.7. The Hall–Kier alpha value is -3.62. The summed E-state index contributed by atoms with van der Waals surface area (Å²) in [5.74, 6) is -4.72. The summed E-state index contributed by atoms with van der Waals surface area (Å²) in [4.78, 5) is 56.7. The molecule has 1 aromatic carbocycles. The van der Waals surface area contributed by atoms with Crippen LogP contribution in [-0.4, -0.2) is 56.6 Å². The van der Waals surface area contributed by atoms with Gasteiger partial charge in [-0.25, -0.2) is 9.97 Å². The summed E-state index contributed by atoms with van der Waals surface area (Å²) in [6, 6.07) is 7.46. The number of piperidine rings is 1. The monoisotopic (exact) mass is 382 g/mol. The highest BCUT2D eigenvalue weighted by Crippen LogP contribution is 2.21. The third kappa shape index (κ3) is 4.37. The molecule has 1 atom stereocenters. The van der Waals surface area contributed by atoms with Gasteiger partial charge in [0.15, 0.2) is 11.7 Å². The number of carboxylic acids is 1. The lowest BCUT2D eigenvalue weighted by atomic mass is 9.94. The van der Waals surface area contributed by atoms with Gasteiger partial charge in [-0.05, 0) is 11.1 Å². The van der Waals surface area contributed by atoms with Crippen LogP contribution >= 0.6 is 0 Å². The van der Waals surface area contributed by atoms with Gasteiger partial charge in [0.1, 0.15) is 12.9 Å². The fourth-order valence-electron chi connectivity index (χ4n) is 2.97. The lowest BCUT2D eigenvalue weighted by Gasteiger charge is -2.30. The number of amides is 2. The number of aliphatic carboxylic acids is 1. The van der Waals surface area contributed by atoms with E-state index in [2.05, 4.69) is 15.3 Å². The Morgan fingerprint density at radius 3 is 2.43 bits per heavy atom. The molecule has 2 aromatic rings. The minimum atomic E-state index is -1.49. The van der Waals surface area contributed by atoms with Crippen LogP contribution in [0.3, 0.4) is 0 Å². The van der Waals surface area contributed by atoms with Crippen LogP contribution in [0.4, 0.5) is 0 Å². The summed E-state index contributed by atoms with van der Waals surface area (Å²) < 4.78 is 0. The van der Waals surface area contributed by atoms with Gasteiger partial charge in [-0.15, -0.1) is 0 Å². The van der Waals surface area contributed by atoms with Gasteiger partial charge in [-0.2, -0.15) is 0 Å². The number of Topliss-reactive ketones (excluding diaryl/α,β-unsaturated/α-hetero) is 1. The van der Waals surface area contributed by atoms with Crippen LogP contribution in [0, 0.1) is 5.92 Å². The minimum absolute atomic E-state index is 0.0519. The minimum Gasteiger partial charge on any atom is -0.480 e. The summed E-state index contributed by atoms with van der Waals surface area (Å²) in [5.41, 5.74) is 2.63. The molecule has 2 N–H and O–H groups in total. The zero-order chi connectivity index (χ0) is 20.1. The number of nitrogens with one attached hydrogen (secondary N) is 1. The zero-order valence-corrected chi connectivity index (χ0v) is 14.9. The van der Waals surface area contributed by atoms with Gasteiger partial charge in [-0.1, -0.05) is 24.3 Å². The number of rotatable bonds is 6. The molecule has 1 aliphatic heterocycles. The molecule has 9 heteroatoms. The van der Waals surface area contributed by atoms with E-state index in [9.17, 15) is 19.2 Å². The van der Waals surface area contributed by atoms with Crippen LogP contribution in [0.15, 0.2) is 43.0 Å². The number of hydrogen-bond donors (Lipinski definition) is 2. The van der Waals surface area contributed by atoms with Crippen LogP contribution in [-0.2, 0) is 25.7 Å². The number of nitrogens with zero attached hydrogens (tertiary/aromatic N) is 3. The van der Waals surface area contributed by atoms with Gasteiger partial charge in [-0.3, -0.25) is 19.2 Å². The number of hydrogen-bond acceptors (Lipinski definition) is 6. The Bertz CT molecular complexity index is 898. The van der Waals surface area contributed by atoms with E-state index in [0.29, 0.717) is 0 Å². The lowest BCUT2D eigenvalue weighted by molar-refractivity contribution is -0.152. The van der Waals surface area contributed by atoms with Crippen molar-refractivity contribution in [2.45, 2.75) is 13.0 Å². The maximum absolute atomic E-state index is 12.6. The van der Waals surface area contributed by atoms with E-state index in [0.717, 1.165) is 16.7 Å². The molecule has 1 unspecified atom stereocenters. The first kappa shape index (κ1) is 19.2. The highest BCUT2D eigenvalue weighted by molar-refractivity contribution is 6.19. The molecule has 2 heterocycles. The second kappa shape index (κ2) is 8.38. The fourth-order valence-corrected chi connectivity index (χ4v) is 2.97. The summed E-state index contributed by atoms with van der Waals surface area (Å²) in [5, 5.41) is 10.7. The van der Waals surface area contributed by atoms with Crippen LogP contribution in [0.25, 0.3) is 11.1 Å². The molecule has 1 fully saturated rings. The van der Waals surface area contributed by atoms with E-state index in [4.69, 9.17) is 5.11 Å². The second-order valence-corrected chi connectivity index (χ2v) is 6.34. The van der Waals surface area contributed by atoms with Crippen molar-refractivity contribution in [3.63, 3.8) is 0 Å². The van der Waals surface area contributed by atoms with Crippen molar-refractivity contribution < 1.29 is 24.3 Å². The number of likely N-dealkylation sites (tertiary alicyclic amines) is 1. The molecule has 0 aliphatic carbocycles. The number of carbonyl (C=O) groups is 4. The van der Waals surface area contributed by atoms with Crippen molar-refractivity contribution >= 4 is 23.6 Å². The van der Waals surface area contributed by atoms with Crippen molar-refractivity contribution in [1.82, 2.24) is 20.2 Å². The maximum Gasteiger partial charge on any atom is 0.322 e. The number of carbonyl (C=O) groups excluding carboxylic acids is 3. The molecular weight excluding hydrogens is 364 g/mol. The van der Waals surface area contributed by atoms with Crippen molar-refractivity contribution in [2.75, 3.05) is 13.1 Å². The first-order valence-corrected chi connectivity index (χ1v) is 8.61. The molecule has 0 radical (unpaired) electrons. The Kier molecular flexibility index (Phi) is 5.73. The fraction of sp³-hybridized carbons (Fsp3) is 0.263. The number of benzene rings is 1. The molecular formula is C19H18N4O5. The largest absolute Gasteiger partial charge is 0.480 e. The Morgan fingerprint density at radius 2 is 1.79 bits per heavy atom. The molecule has 1 saturated heterocycles. The van der Waals surface area contributed by atoms with E-state index >= 15 is 0 Å². The molecule has 0 saturated carbocycles. The maximum atomic E-state index is 12.6. The SMILES string of the molecule is O=C(O)CNC(=O)C1C(=O)CCN(Cc2ccc(-c3cncnc3)cc2)C1=O. The van der Waals surface area contributed by atoms with E-state index < -0.39 is 36.0 Å². The average Bonchev–Trinajstić information content (AvgIpc) is 2.70. The molecule has 144 valence electrons. The summed E-state index contributed by atoms with van der Waals surface area (Å²) in [7, 11) is 0. The quantitative estimate of drug-likeness (QED) is 0.686. The number of ketones is 1. The lowest BCUT2D eigenvalue weighted by Crippen LogP contribution is -2.52. The van der Waals surface area contributed by atoms with Gasteiger partial charge in [0.25, 0.3) is 0 Å². The van der Waals surface area contributed by atoms with Gasteiger partial charge < -0.3 is 15.3 Å². The van der Waals surface area contributed by atoms with Gasteiger partial charge in [0.2, 0.25) is 11.8 Å². The molecule has 28 heavy (non-hydrogen) atoms.